The third-order valence-electron chi connectivity index (χ3n) is 6.51. The van der Waals surface area contributed by atoms with Crippen LogP contribution in [0.15, 0.2) is 36.4 Å². The highest BCUT2D eigenvalue weighted by Gasteiger charge is 2.43. The number of rotatable bonds is 11. The Balaban J connectivity index is 1.50. The number of hydrogen-bond acceptors (Lipinski definition) is 6. The molecule has 1 heterocycles. The van der Waals surface area contributed by atoms with Gasteiger partial charge in [0, 0.05) is 18.3 Å². The van der Waals surface area contributed by atoms with E-state index in [0.29, 0.717) is 36.8 Å². The van der Waals surface area contributed by atoms with Crippen molar-refractivity contribution in [3.63, 3.8) is 0 Å². The Morgan fingerprint density at radius 2 is 2.12 bits per heavy atom. The summed E-state index contributed by atoms with van der Waals surface area (Å²) < 4.78 is 17.3. The van der Waals surface area contributed by atoms with Crippen LogP contribution in [-0.2, 0) is 14.3 Å². The van der Waals surface area contributed by atoms with Gasteiger partial charge in [-0.25, -0.2) is 4.79 Å². The molecule has 1 aliphatic carbocycles. The Labute approximate surface area is 200 Å². The van der Waals surface area contributed by atoms with Gasteiger partial charge in [0.1, 0.15) is 18.5 Å². The quantitative estimate of drug-likeness (QED) is 0.413. The number of carboxylic acid groups (broad SMARTS) is 1. The molecule has 0 radical (unpaired) electrons. The lowest BCUT2D eigenvalue weighted by Gasteiger charge is -2.21. The molecule has 0 amide bonds. The Hall–Kier alpha value is -1.64. The second-order valence-electron chi connectivity index (χ2n) is 9.00. The number of aliphatic hydroxyl groups excluding tert-OH is 2. The van der Waals surface area contributed by atoms with E-state index in [1.54, 1.807) is 18.2 Å². The highest BCUT2D eigenvalue weighted by atomic mass is 35.5. The van der Waals surface area contributed by atoms with E-state index >= 15 is 0 Å². The highest BCUT2D eigenvalue weighted by Crippen LogP contribution is 2.41. The number of carbonyl (C=O) groups is 1. The number of benzene rings is 1. The molecule has 2 aliphatic rings. The van der Waals surface area contributed by atoms with Crippen LogP contribution in [0, 0.1) is 17.8 Å². The molecule has 3 N–H and O–H groups in total. The van der Waals surface area contributed by atoms with Gasteiger partial charge in [-0.1, -0.05) is 49.2 Å². The molecular weight excluding hydrogens is 448 g/mol. The van der Waals surface area contributed by atoms with Crippen molar-refractivity contribution in [2.24, 2.45) is 17.8 Å². The lowest BCUT2D eigenvalue weighted by atomic mass is 9.87. The average molecular weight is 483 g/mol. The summed E-state index contributed by atoms with van der Waals surface area (Å²) in [5, 5.41) is 30.7. The summed E-state index contributed by atoms with van der Waals surface area (Å²) in [4.78, 5) is 11.3. The van der Waals surface area contributed by atoms with Crippen LogP contribution in [0.25, 0.3) is 0 Å². The van der Waals surface area contributed by atoms with Crippen LogP contribution < -0.4 is 4.74 Å². The van der Waals surface area contributed by atoms with Crippen molar-refractivity contribution >= 4 is 17.6 Å². The van der Waals surface area contributed by atoms with Crippen molar-refractivity contribution in [2.75, 3.05) is 19.8 Å². The second kappa shape index (κ2) is 12.7. The first-order valence-electron chi connectivity index (χ1n) is 11.8. The molecule has 7 nitrogen and oxygen atoms in total. The third-order valence-corrected chi connectivity index (χ3v) is 6.82. The SMILES string of the molecule is CCCC(OC[C@@H]1CC[C@@H]2[C@@H](/C=C/[C@@H](O)COc3ccccc3Cl)[C@H](O)C[C@@H]2OC1)C(=O)O. The standard InChI is InChI=1S/C25H35ClO7/c1-2-5-23(25(29)30)31-13-16-8-10-19-18(21(28)12-24(19)32-14-16)11-9-17(27)15-33-22-7-4-3-6-20(22)26/h3-4,6-7,9,11,16-19,21,23-24,27-28H,2,5,8,10,12-15H2,1H3,(H,29,30)/b11-9+/t16-,17+,18+,19+,21+,23?,24-/m0/s1. The summed E-state index contributed by atoms with van der Waals surface area (Å²) >= 11 is 6.07. The molecule has 1 saturated carbocycles. The van der Waals surface area contributed by atoms with E-state index in [2.05, 4.69) is 0 Å². The molecule has 2 fully saturated rings. The first-order chi connectivity index (χ1) is 15.9. The molecule has 8 heteroatoms. The number of aliphatic hydroxyl groups is 2. The monoisotopic (exact) mass is 482 g/mol. The molecule has 0 spiro atoms. The Morgan fingerprint density at radius 3 is 2.85 bits per heavy atom. The Morgan fingerprint density at radius 1 is 1.33 bits per heavy atom. The van der Waals surface area contributed by atoms with Gasteiger partial charge in [0.25, 0.3) is 0 Å². The van der Waals surface area contributed by atoms with Crippen LogP contribution in [0.2, 0.25) is 5.02 Å². The molecule has 33 heavy (non-hydrogen) atoms. The van der Waals surface area contributed by atoms with E-state index in [0.717, 1.165) is 19.3 Å². The van der Waals surface area contributed by atoms with Crippen LogP contribution >= 0.6 is 11.6 Å². The minimum atomic E-state index is -0.923. The van der Waals surface area contributed by atoms with Gasteiger partial charge in [-0.2, -0.15) is 0 Å². The van der Waals surface area contributed by atoms with Gasteiger partial charge in [0.05, 0.1) is 30.4 Å². The summed E-state index contributed by atoms with van der Waals surface area (Å²) in [6, 6.07) is 7.09. The van der Waals surface area contributed by atoms with Gasteiger partial charge in [0.15, 0.2) is 6.10 Å². The minimum absolute atomic E-state index is 0.0536. The van der Waals surface area contributed by atoms with E-state index in [1.165, 1.54) is 0 Å². The number of ether oxygens (including phenoxy) is 3. The maximum absolute atomic E-state index is 11.3. The first kappa shape index (κ1) is 26.0. The zero-order valence-corrected chi connectivity index (χ0v) is 19.8. The summed E-state index contributed by atoms with van der Waals surface area (Å²) in [6.07, 6.45) is 4.85. The van der Waals surface area contributed by atoms with Crippen molar-refractivity contribution in [3.8, 4) is 5.75 Å². The number of halogens is 1. The van der Waals surface area contributed by atoms with Crippen LogP contribution in [-0.4, -0.2) is 65.5 Å². The van der Waals surface area contributed by atoms with Crippen LogP contribution in [0.1, 0.15) is 39.0 Å². The maximum atomic E-state index is 11.3. The average Bonchev–Trinajstić information content (AvgIpc) is 2.95. The topological polar surface area (TPSA) is 105 Å². The fourth-order valence-corrected chi connectivity index (χ4v) is 4.88. The molecule has 1 aromatic rings. The molecule has 7 atom stereocenters. The maximum Gasteiger partial charge on any atom is 0.332 e. The van der Waals surface area contributed by atoms with Gasteiger partial charge >= 0.3 is 5.97 Å². The fraction of sp³-hybridized carbons (Fsp3) is 0.640. The predicted octanol–water partition coefficient (Wildman–Crippen LogP) is 3.70. The van der Waals surface area contributed by atoms with Crippen LogP contribution in [0.5, 0.6) is 5.75 Å². The van der Waals surface area contributed by atoms with Gasteiger partial charge in [-0.05, 0) is 37.3 Å². The van der Waals surface area contributed by atoms with Crippen LogP contribution in [0.4, 0.5) is 0 Å². The number of para-hydroxylation sites is 1. The molecule has 0 aromatic heterocycles. The molecule has 1 aliphatic heterocycles. The molecule has 1 saturated heterocycles. The zero-order chi connectivity index (χ0) is 23.8. The van der Waals surface area contributed by atoms with E-state index in [-0.39, 0.29) is 30.5 Å². The van der Waals surface area contributed by atoms with Crippen molar-refractivity contribution < 1.29 is 34.3 Å². The summed E-state index contributed by atoms with van der Waals surface area (Å²) in [5.74, 6) is -0.248. The Kier molecular flexibility index (Phi) is 10.0. The molecule has 1 unspecified atom stereocenters. The normalized spacial score (nSPS) is 29.4. The lowest BCUT2D eigenvalue weighted by molar-refractivity contribution is -0.152. The van der Waals surface area contributed by atoms with Gasteiger partial charge in [-0.15, -0.1) is 0 Å². The largest absolute Gasteiger partial charge is 0.489 e. The van der Waals surface area contributed by atoms with Crippen molar-refractivity contribution in [1.29, 1.82) is 0 Å². The van der Waals surface area contributed by atoms with Gasteiger partial charge < -0.3 is 29.5 Å². The van der Waals surface area contributed by atoms with E-state index in [4.69, 9.17) is 25.8 Å². The van der Waals surface area contributed by atoms with E-state index < -0.39 is 24.3 Å². The highest BCUT2D eigenvalue weighted by molar-refractivity contribution is 6.32. The third kappa shape index (κ3) is 7.42. The summed E-state index contributed by atoms with van der Waals surface area (Å²) in [6.45, 7) is 2.86. The number of fused-ring (bicyclic) bond motifs is 1. The molecule has 3 rings (SSSR count). The molecular formula is C25H35ClO7. The summed E-state index contributed by atoms with van der Waals surface area (Å²) in [5.41, 5.74) is 0. The molecule has 0 bridgehead atoms. The first-order valence-corrected chi connectivity index (χ1v) is 12.1. The van der Waals surface area contributed by atoms with Crippen LogP contribution in [0.3, 0.4) is 0 Å². The molecule has 1 aromatic carbocycles. The van der Waals surface area contributed by atoms with Crippen molar-refractivity contribution in [1.82, 2.24) is 0 Å². The molecule has 184 valence electrons. The lowest BCUT2D eigenvalue weighted by Crippen LogP contribution is -2.27. The van der Waals surface area contributed by atoms with Crippen molar-refractivity contribution in [2.45, 2.75) is 63.4 Å². The van der Waals surface area contributed by atoms with Gasteiger partial charge in [-0.3, -0.25) is 0 Å². The van der Waals surface area contributed by atoms with E-state index in [9.17, 15) is 20.1 Å². The summed E-state index contributed by atoms with van der Waals surface area (Å²) in [7, 11) is 0. The Bertz CT molecular complexity index is 786. The van der Waals surface area contributed by atoms with E-state index in [1.807, 2.05) is 25.1 Å². The minimum Gasteiger partial charge on any atom is -0.489 e. The fourth-order valence-electron chi connectivity index (χ4n) is 4.69. The zero-order valence-electron chi connectivity index (χ0n) is 19.0. The number of hydrogen-bond donors (Lipinski definition) is 3. The smallest absolute Gasteiger partial charge is 0.332 e. The number of carboxylic acids is 1. The second-order valence-corrected chi connectivity index (χ2v) is 9.41. The number of aliphatic carboxylic acids is 1. The van der Waals surface area contributed by atoms with Gasteiger partial charge in [0.2, 0.25) is 0 Å². The predicted molar refractivity (Wildman–Crippen MR) is 124 cm³/mol. The van der Waals surface area contributed by atoms with Crippen molar-refractivity contribution in [3.05, 3.63) is 41.4 Å².